The molecule has 1 nitrogen and oxygen atoms in total. The fourth-order valence-corrected chi connectivity index (χ4v) is 8.84. The third-order valence-electron chi connectivity index (χ3n) is 6.55. The standard InChI is InChI=1S/C20H24OSi/c1-21-17-11-9-16(10-12-17)19-13-20(14-19,15-19)22(2,3)18-7-5-4-6-8-18/h4-12H,13-15H2,1-3H3. The lowest BCUT2D eigenvalue weighted by molar-refractivity contribution is -0.0159. The third kappa shape index (κ3) is 1.70. The minimum Gasteiger partial charge on any atom is -0.497 e. The van der Waals surface area contributed by atoms with Crippen molar-refractivity contribution in [3.8, 4) is 5.75 Å². The van der Waals surface area contributed by atoms with Gasteiger partial charge in [-0.3, -0.25) is 0 Å². The van der Waals surface area contributed by atoms with E-state index in [0.29, 0.717) is 10.5 Å². The van der Waals surface area contributed by atoms with Crippen molar-refractivity contribution in [3.63, 3.8) is 0 Å². The normalized spacial score (nSPS) is 29.4. The number of ether oxygens (including phenoxy) is 1. The summed E-state index contributed by atoms with van der Waals surface area (Å²) in [7, 11) is 0.358. The van der Waals surface area contributed by atoms with Gasteiger partial charge in [0.2, 0.25) is 0 Å². The van der Waals surface area contributed by atoms with Crippen LogP contribution in [-0.4, -0.2) is 15.2 Å². The van der Waals surface area contributed by atoms with E-state index < -0.39 is 8.07 Å². The fourth-order valence-electron chi connectivity index (χ4n) is 4.86. The van der Waals surface area contributed by atoms with Gasteiger partial charge in [-0.05, 0) is 47.4 Å². The van der Waals surface area contributed by atoms with E-state index in [1.807, 2.05) is 0 Å². The van der Waals surface area contributed by atoms with Crippen molar-refractivity contribution in [2.24, 2.45) is 0 Å². The van der Waals surface area contributed by atoms with Gasteiger partial charge in [0.05, 0.1) is 15.2 Å². The largest absolute Gasteiger partial charge is 0.497 e. The Balaban J connectivity index is 1.55. The average molecular weight is 308 g/mol. The maximum atomic E-state index is 5.29. The van der Waals surface area contributed by atoms with Crippen LogP contribution in [0.15, 0.2) is 54.6 Å². The van der Waals surface area contributed by atoms with Gasteiger partial charge >= 0.3 is 0 Å². The van der Waals surface area contributed by atoms with E-state index in [0.717, 1.165) is 5.75 Å². The fraction of sp³-hybridized carbons (Fsp3) is 0.400. The van der Waals surface area contributed by atoms with Crippen LogP contribution in [0.1, 0.15) is 24.8 Å². The molecule has 2 bridgehead atoms. The molecule has 3 aliphatic carbocycles. The minimum atomic E-state index is -1.38. The SMILES string of the molecule is COc1ccc(C23CC([Si](C)(C)c4ccccc4)(C2)C3)cc1. The summed E-state index contributed by atoms with van der Waals surface area (Å²) in [5, 5.41) is 2.26. The molecule has 0 heterocycles. The highest BCUT2D eigenvalue weighted by molar-refractivity contribution is 6.92. The van der Waals surface area contributed by atoms with Gasteiger partial charge in [0.25, 0.3) is 0 Å². The lowest BCUT2D eigenvalue weighted by Gasteiger charge is -2.76. The Kier molecular flexibility index (Phi) is 2.87. The van der Waals surface area contributed by atoms with Gasteiger partial charge in [0.1, 0.15) is 5.75 Å². The van der Waals surface area contributed by atoms with Crippen molar-refractivity contribution >= 4 is 13.3 Å². The predicted octanol–water partition coefficient (Wildman–Crippen LogP) is 4.49. The molecule has 0 spiro atoms. The summed E-state index contributed by atoms with van der Waals surface area (Å²) >= 11 is 0. The molecular formula is C20H24OSi. The molecule has 3 aliphatic rings. The lowest BCUT2D eigenvalue weighted by atomic mass is 9.41. The molecule has 0 atom stereocenters. The molecule has 0 unspecified atom stereocenters. The van der Waals surface area contributed by atoms with Crippen molar-refractivity contribution in [1.29, 1.82) is 0 Å². The van der Waals surface area contributed by atoms with Gasteiger partial charge < -0.3 is 4.74 Å². The summed E-state index contributed by atoms with van der Waals surface area (Å²) in [6, 6.07) is 20.0. The van der Waals surface area contributed by atoms with Crippen molar-refractivity contribution in [2.45, 2.75) is 42.8 Å². The quantitative estimate of drug-likeness (QED) is 0.756. The van der Waals surface area contributed by atoms with Gasteiger partial charge in [-0.1, -0.05) is 60.7 Å². The number of rotatable bonds is 4. The van der Waals surface area contributed by atoms with E-state index in [-0.39, 0.29) is 0 Å². The van der Waals surface area contributed by atoms with Crippen LogP contribution in [0.4, 0.5) is 0 Å². The van der Waals surface area contributed by atoms with Gasteiger partial charge in [0, 0.05) is 0 Å². The van der Waals surface area contributed by atoms with Crippen LogP contribution in [0.25, 0.3) is 0 Å². The van der Waals surface area contributed by atoms with Crippen molar-refractivity contribution in [1.82, 2.24) is 0 Å². The van der Waals surface area contributed by atoms with Crippen LogP contribution in [-0.2, 0) is 5.41 Å². The molecule has 2 heteroatoms. The van der Waals surface area contributed by atoms with Crippen molar-refractivity contribution in [2.75, 3.05) is 7.11 Å². The Bertz CT molecular complexity index is 668. The van der Waals surface area contributed by atoms with E-state index in [2.05, 4.69) is 67.7 Å². The van der Waals surface area contributed by atoms with Crippen LogP contribution in [0.3, 0.4) is 0 Å². The summed E-state index contributed by atoms with van der Waals surface area (Å²) in [4.78, 5) is 0. The highest BCUT2D eigenvalue weighted by atomic mass is 28.3. The second-order valence-corrected chi connectivity index (χ2v) is 12.7. The van der Waals surface area contributed by atoms with Crippen molar-refractivity contribution < 1.29 is 4.74 Å². The molecule has 114 valence electrons. The molecule has 3 saturated carbocycles. The predicted molar refractivity (Wildman–Crippen MR) is 94.8 cm³/mol. The van der Waals surface area contributed by atoms with Crippen molar-refractivity contribution in [3.05, 3.63) is 60.2 Å². The molecule has 22 heavy (non-hydrogen) atoms. The van der Waals surface area contributed by atoms with Gasteiger partial charge in [-0.2, -0.15) is 0 Å². The molecule has 0 N–H and O–H groups in total. The molecule has 2 aromatic carbocycles. The first kappa shape index (κ1) is 14.1. The van der Waals surface area contributed by atoms with Gasteiger partial charge in [-0.25, -0.2) is 0 Å². The van der Waals surface area contributed by atoms with Gasteiger partial charge in [0.15, 0.2) is 0 Å². The molecule has 0 amide bonds. The number of hydrogen-bond donors (Lipinski definition) is 0. The highest BCUT2D eigenvalue weighted by Gasteiger charge is 2.73. The van der Waals surface area contributed by atoms with E-state index >= 15 is 0 Å². The van der Waals surface area contributed by atoms with Crippen LogP contribution < -0.4 is 9.92 Å². The summed E-state index contributed by atoms with van der Waals surface area (Å²) in [6.45, 7) is 5.14. The zero-order valence-electron chi connectivity index (χ0n) is 13.7. The average Bonchev–Trinajstić information content (AvgIpc) is 2.46. The van der Waals surface area contributed by atoms with E-state index in [4.69, 9.17) is 4.74 Å². The highest BCUT2D eigenvalue weighted by Crippen LogP contribution is 2.81. The third-order valence-corrected chi connectivity index (χ3v) is 11.5. The number of hydrogen-bond acceptors (Lipinski definition) is 1. The minimum absolute atomic E-state index is 0.478. The van der Waals surface area contributed by atoms with E-state index in [1.165, 1.54) is 24.8 Å². The maximum absolute atomic E-state index is 5.29. The Morgan fingerprint density at radius 2 is 1.45 bits per heavy atom. The summed E-state index contributed by atoms with van der Waals surface area (Å²) in [6.07, 6.45) is 4.17. The first-order valence-electron chi connectivity index (χ1n) is 8.22. The Hall–Kier alpha value is -1.54. The van der Waals surface area contributed by atoms with Crippen LogP contribution >= 0.6 is 0 Å². The van der Waals surface area contributed by atoms with E-state index in [9.17, 15) is 0 Å². The molecule has 0 radical (unpaired) electrons. The molecule has 0 aliphatic heterocycles. The monoisotopic (exact) mass is 308 g/mol. The topological polar surface area (TPSA) is 9.23 Å². The number of methoxy groups -OCH3 is 1. The second-order valence-electron chi connectivity index (χ2n) is 7.81. The Labute approximate surface area is 134 Å². The summed E-state index contributed by atoms with van der Waals surface area (Å²) in [5.41, 5.74) is 2.00. The molecule has 0 saturated heterocycles. The van der Waals surface area contributed by atoms with Gasteiger partial charge in [-0.15, -0.1) is 0 Å². The Morgan fingerprint density at radius 1 is 0.864 bits per heavy atom. The molecule has 0 aromatic heterocycles. The Morgan fingerprint density at radius 3 is 2.00 bits per heavy atom. The molecule has 2 aromatic rings. The van der Waals surface area contributed by atoms with Crippen LogP contribution in [0.5, 0.6) is 5.75 Å². The summed E-state index contributed by atoms with van der Waals surface area (Å²) in [5.74, 6) is 0.962. The summed E-state index contributed by atoms with van der Waals surface area (Å²) < 4.78 is 5.29. The molecular weight excluding hydrogens is 284 g/mol. The van der Waals surface area contributed by atoms with E-state index in [1.54, 1.807) is 12.3 Å². The smallest absolute Gasteiger partial charge is 0.118 e. The first-order valence-corrected chi connectivity index (χ1v) is 11.2. The zero-order valence-corrected chi connectivity index (χ0v) is 14.7. The zero-order chi connectivity index (χ0) is 15.4. The lowest BCUT2D eigenvalue weighted by Crippen LogP contribution is -2.72. The van der Waals surface area contributed by atoms with Crippen LogP contribution in [0.2, 0.25) is 18.1 Å². The second kappa shape index (κ2) is 4.48. The molecule has 3 fully saturated rings. The van der Waals surface area contributed by atoms with Crippen LogP contribution in [0, 0.1) is 0 Å². The first-order chi connectivity index (χ1) is 10.5. The number of benzene rings is 2. The maximum Gasteiger partial charge on any atom is 0.118 e. The molecule has 5 rings (SSSR count).